The first-order valence-electron chi connectivity index (χ1n) is 7.67. The molecule has 1 N–H and O–H groups in total. The second-order valence-corrected chi connectivity index (χ2v) is 6.11. The number of piperidine rings is 1. The molecule has 0 spiro atoms. The molecule has 5 nitrogen and oxygen atoms in total. The molecule has 110 valence electrons. The van der Waals surface area contributed by atoms with E-state index in [1.165, 1.54) is 4.90 Å². The monoisotopic (exact) mass is 285 g/mol. The van der Waals surface area contributed by atoms with Gasteiger partial charge in [0.2, 0.25) is 0 Å². The molecule has 3 aliphatic heterocycles. The number of nitrogens with one attached hydrogen (secondary N) is 1. The molecule has 3 heterocycles. The van der Waals surface area contributed by atoms with Crippen molar-refractivity contribution >= 4 is 11.8 Å². The fourth-order valence-electron chi connectivity index (χ4n) is 3.66. The minimum Gasteiger partial charge on any atom is -0.317 e. The number of benzene rings is 1. The van der Waals surface area contributed by atoms with Crippen molar-refractivity contribution < 1.29 is 9.59 Å². The van der Waals surface area contributed by atoms with Gasteiger partial charge in [-0.3, -0.25) is 19.4 Å². The summed E-state index contributed by atoms with van der Waals surface area (Å²) in [6, 6.07) is 7.79. The molecule has 5 heteroatoms. The van der Waals surface area contributed by atoms with Crippen molar-refractivity contribution in [1.82, 2.24) is 15.1 Å². The lowest BCUT2D eigenvalue weighted by Crippen LogP contribution is -2.64. The topological polar surface area (TPSA) is 52.7 Å². The van der Waals surface area contributed by atoms with Crippen LogP contribution >= 0.6 is 0 Å². The maximum absolute atomic E-state index is 12.4. The van der Waals surface area contributed by atoms with Gasteiger partial charge < -0.3 is 5.32 Å². The van der Waals surface area contributed by atoms with E-state index in [9.17, 15) is 9.59 Å². The van der Waals surface area contributed by atoms with Crippen molar-refractivity contribution in [1.29, 1.82) is 0 Å². The first kappa shape index (κ1) is 13.0. The van der Waals surface area contributed by atoms with Gasteiger partial charge in [-0.2, -0.15) is 0 Å². The summed E-state index contributed by atoms with van der Waals surface area (Å²) < 4.78 is 0. The quantitative estimate of drug-likeness (QED) is 0.814. The molecule has 0 unspecified atom stereocenters. The Morgan fingerprint density at radius 1 is 0.905 bits per heavy atom. The minimum absolute atomic E-state index is 0.0484. The zero-order valence-electron chi connectivity index (χ0n) is 11.9. The summed E-state index contributed by atoms with van der Waals surface area (Å²) in [4.78, 5) is 28.7. The van der Waals surface area contributed by atoms with Crippen LogP contribution in [0.25, 0.3) is 0 Å². The third kappa shape index (κ3) is 2.00. The Hall–Kier alpha value is -1.72. The average molecular weight is 285 g/mol. The fourth-order valence-corrected chi connectivity index (χ4v) is 3.66. The number of hydrogen-bond acceptors (Lipinski definition) is 4. The van der Waals surface area contributed by atoms with E-state index in [2.05, 4.69) is 10.2 Å². The molecule has 0 aliphatic carbocycles. The minimum atomic E-state index is -0.120. The van der Waals surface area contributed by atoms with Crippen LogP contribution in [0.1, 0.15) is 33.6 Å². The summed E-state index contributed by atoms with van der Waals surface area (Å²) in [5, 5.41) is 3.36. The van der Waals surface area contributed by atoms with Crippen LogP contribution in [0, 0.1) is 0 Å². The molecule has 0 saturated carbocycles. The Bertz CT molecular complexity index is 554. The molecule has 3 aliphatic rings. The molecule has 4 rings (SSSR count). The Balaban J connectivity index is 1.45. The second-order valence-electron chi connectivity index (χ2n) is 6.11. The molecule has 0 bridgehead atoms. The van der Waals surface area contributed by atoms with Crippen LogP contribution in [0.15, 0.2) is 24.3 Å². The third-order valence-corrected chi connectivity index (χ3v) is 4.91. The Kier molecular flexibility index (Phi) is 3.05. The Labute approximate surface area is 123 Å². The van der Waals surface area contributed by atoms with Crippen LogP contribution in [-0.4, -0.2) is 59.9 Å². The largest absolute Gasteiger partial charge is 0.317 e. The van der Waals surface area contributed by atoms with Crippen molar-refractivity contribution in [2.75, 3.05) is 26.2 Å². The number of likely N-dealkylation sites (tertiary alicyclic amines) is 1. The first-order chi connectivity index (χ1) is 10.3. The van der Waals surface area contributed by atoms with E-state index < -0.39 is 0 Å². The van der Waals surface area contributed by atoms with Crippen LogP contribution in [0.3, 0.4) is 0 Å². The molecular weight excluding hydrogens is 266 g/mol. The van der Waals surface area contributed by atoms with Gasteiger partial charge in [0.25, 0.3) is 11.8 Å². The number of amides is 2. The zero-order valence-corrected chi connectivity index (χ0v) is 11.9. The van der Waals surface area contributed by atoms with Crippen molar-refractivity contribution in [2.24, 2.45) is 0 Å². The highest BCUT2D eigenvalue weighted by Crippen LogP contribution is 2.29. The molecule has 1 aromatic rings. The molecule has 1 aromatic carbocycles. The van der Waals surface area contributed by atoms with Crippen LogP contribution in [-0.2, 0) is 0 Å². The van der Waals surface area contributed by atoms with Crippen LogP contribution in [0.2, 0.25) is 0 Å². The van der Waals surface area contributed by atoms with Gasteiger partial charge in [0.1, 0.15) is 0 Å². The van der Waals surface area contributed by atoms with Gasteiger partial charge >= 0.3 is 0 Å². The van der Waals surface area contributed by atoms with Gasteiger partial charge in [-0.1, -0.05) is 12.1 Å². The molecule has 2 amide bonds. The second kappa shape index (κ2) is 4.93. The normalized spacial score (nSPS) is 24.3. The predicted molar refractivity (Wildman–Crippen MR) is 78.2 cm³/mol. The van der Waals surface area contributed by atoms with E-state index >= 15 is 0 Å². The van der Waals surface area contributed by atoms with E-state index in [1.807, 2.05) is 12.1 Å². The standard InChI is InChI=1S/C16H19N3O2/c20-15-13-3-1-2-4-14(13)16(21)19(15)12-9-18(10-12)11-5-7-17-8-6-11/h1-4,11-12,17H,5-10H2. The third-order valence-electron chi connectivity index (χ3n) is 4.91. The van der Waals surface area contributed by atoms with E-state index in [-0.39, 0.29) is 17.9 Å². The summed E-state index contributed by atoms with van der Waals surface area (Å²) in [6.45, 7) is 3.80. The zero-order chi connectivity index (χ0) is 14.4. The summed E-state index contributed by atoms with van der Waals surface area (Å²) in [5.41, 5.74) is 1.12. The van der Waals surface area contributed by atoms with E-state index in [0.717, 1.165) is 39.0 Å². The lowest BCUT2D eigenvalue weighted by molar-refractivity contribution is 0.00571. The van der Waals surface area contributed by atoms with Crippen molar-refractivity contribution in [3.8, 4) is 0 Å². The average Bonchev–Trinajstić information content (AvgIpc) is 2.73. The highest BCUT2D eigenvalue weighted by Gasteiger charge is 2.45. The highest BCUT2D eigenvalue weighted by atomic mass is 16.2. The maximum atomic E-state index is 12.4. The Morgan fingerprint density at radius 3 is 2.05 bits per heavy atom. The number of carbonyl (C=O) groups is 2. The molecule has 0 aromatic heterocycles. The first-order valence-corrected chi connectivity index (χ1v) is 7.67. The van der Waals surface area contributed by atoms with E-state index in [0.29, 0.717) is 17.2 Å². The Morgan fingerprint density at radius 2 is 1.48 bits per heavy atom. The van der Waals surface area contributed by atoms with Crippen LogP contribution in [0.4, 0.5) is 0 Å². The van der Waals surface area contributed by atoms with Crippen molar-refractivity contribution in [3.63, 3.8) is 0 Å². The molecule has 2 saturated heterocycles. The molecule has 0 radical (unpaired) electrons. The number of fused-ring (bicyclic) bond motifs is 1. The van der Waals surface area contributed by atoms with Gasteiger partial charge in [-0.05, 0) is 38.1 Å². The van der Waals surface area contributed by atoms with Crippen LogP contribution in [0.5, 0.6) is 0 Å². The number of rotatable bonds is 2. The van der Waals surface area contributed by atoms with Gasteiger partial charge in [-0.25, -0.2) is 0 Å². The summed E-state index contributed by atoms with van der Waals surface area (Å²) in [6.07, 6.45) is 2.32. The summed E-state index contributed by atoms with van der Waals surface area (Å²) in [7, 11) is 0. The summed E-state index contributed by atoms with van der Waals surface area (Å²) >= 11 is 0. The summed E-state index contributed by atoms with van der Waals surface area (Å²) in [5.74, 6) is -0.240. The lowest BCUT2D eigenvalue weighted by Gasteiger charge is -2.48. The number of imide groups is 1. The SMILES string of the molecule is O=C1c2ccccc2C(=O)N1C1CN(C2CCNCC2)C1. The van der Waals surface area contributed by atoms with Crippen molar-refractivity contribution in [2.45, 2.75) is 24.9 Å². The van der Waals surface area contributed by atoms with E-state index in [1.54, 1.807) is 12.1 Å². The molecular formula is C16H19N3O2. The highest BCUT2D eigenvalue weighted by molar-refractivity contribution is 6.21. The maximum Gasteiger partial charge on any atom is 0.261 e. The van der Waals surface area contributed by atoms with Crippen molar-refractivity contribution in [3.05, 3.63) is 35.4 Å². The van der Waals surface area contributed by atoms with Gasteiger partial charge in [0, 0.05) is 19.1 Å². The van der Waals surface area contributed by atoms with E-state index in [4.69, 9.17) is 0 Å². The van der Waals surface area contributed by atoms with Gasteiger partial charge in [0.05, 0.1) is 17.2 Å². The number of carbonyl (C=O) groups excluding carboxylic acids is 2. The molecule has 2 fully saturated rings. The van der Waals surface area contributed by atoms with Gasteiger partial charge in [0.15, 0.2) is 0 Å². The smallest absolute Gasteiger partial charge is 0.261 e. The molecule has 0 atom stereocenters. The fraction of sp³-hybridized carbons (Fsp3) is 0.500. The molecule has 21 heavy (non-hydrogen) atoms. The number of hydrogen-bond donors (Lipinski definition) is 1. The van der Waals surface area contributed by atoms with Crippen LogP contribution < -0.4 is 5.32 Å². The lowest BCUT2D eigenvalue weighted by atomic mass is 9.97. The number of nitrogens with zero attached hydrogens (tertiary/aromatic N) is 2. The predicted octanol–water partition coefficient (Wildman–Crippen LogP) is 0.719. The van der Waals surface area contributed by atoms with Gasteiger partial charge in [-0.15, -0.1) is 0 Å².